The molecule has 0 aromatic heterocycles. The largest absolute Gasteiger partial charge is 0.469 e. The number of alkyl halides is 3. The zero-order chi connectivity index (χ0) is 16.3. The van der Waals surface area contributed by atoms with E-state index in [1.165, 1.54) is 19.2 Å². The first kappa shape index (κ1) is 16.5. The highest BCUT2D eigenvalue weighted by Gasteiger charge is 2.34. The molecule has 1 saturated carbocycles. The summed E-state index contributed by atoms with van der Waals surface area (Å²) >= 11 is 0. The fourth-order valence-corrected chi connectivity index (χ4v) is 2.79. The number of methoxy groups -OCH3 is 1. The molecule has 0 heterocycles. The molecule has 3 nitrogen and oxygen atoms in total. The van der Waals surface area contributed by atoms with E-state index in [2.05, 4.69) is 4.74 Å². The van der Waals surface area contributed by atoms with Gasteiger partial charge in [0.15, 0.2) is 0 Å². The van der Waals surface area contributed by atoms with Gasteiger partial charge in [-0.2, -0.15) is 13.2 Å². The van der Waals surface area contributed by atoms with Crippen molar-refractivity contribution in [3.05, 3.63) is 34.9 Å². The van der Waals surface area contributed by atoms with Crippen molar-refractivity contribution in [3.63, 3.8) is 0 Å². The molecule has 0 spiro atoms. The van der Waals surface area contributed by atoms with E-state index in [0.717, 1.165) is 11.6 Å². The van der Waals surface area contributed by atoms with Gasteiger partial charge in [-0.3, -0.25) is 9.59 Å². The molecule has 0 N–H and O–H groups in total. The minimum absolute atomic E-state index is 0.0216. The summed E-state index contributed by atoms with van der Waals surface area (Å²) in [5, 5.41) is 0. The molecule has 0 radical (unpaired) electrons. The van der Waals surface area contributed by atoms with Crippen LogP contribution in [0.3, 0.4) is 0 Å². The monoisotopic (exact) mass is 314 g/mol. The highest BCUT2D eigenvalue weighted by atomic mass is 19.4. The predicted octanol–water partition coefficient (Wildman–Crippen LogP) is 3.65. The Labute approximate surface area is 126 Å². The third kappa shape index (κ3) is 3.87. The van der Waals surface area contributed by atoms with Gasteiger partial charge in [-0.1, -0.05) is 12.1 Å². The van der Waals surface area contributed by atoms with Crippen LogP contribution in [-0.4, -0.2) is 18.9 Å². The number of esters is 1. The molecule has 1 aromatic carbocycles. The van der Waals surface area contributed by atoms with Crippen LogP contribution in [0.5, 0.6) is 0 Å². The predicted molar refractivity (Wildman–Crippen MR) is 73.4 cm³/mol. The molecule has 6 heteroatoms. The lowest BCUT2D eigenvalue weighted by atomic mass is 9.92. The molecular weight excluding hydrogens is 297 g/mol. The van der Waals surface area contributed by atoms with Crippen LogP contribution in [-0.2, 0) is 26.9 Å². The van der Waals surface area contributed by atoms with Crippen molar-refractivity contribution in [1.29, 1.82) is 0 Å². The van der Waals surface area contributed by atoms with Crippen molar-refractivity contribution >= 4 is 11.8 Å². The number of hydrogen-bond acceptors (Lipinski definition) is 3. The van der Waals surface area contributed by atoms with Gasteiger partial charge in [0.05, 0.1) is 12.7 Å². The molecule has 2 rings (SSSR count). The Morgan fingerprint density at radius 1 is 1.36 bits per heavy atom. The van der Waals surface area contributed by atoms with Gasteiger partial charge >= 0.3 is 12.1 Å². The Morgan fingerprint density at radius 3 is 2.64 bits per heavy atom. The highest BCUT2D eigenvalue weighted by molar-refractivity contribution is 5.81. The Hall–Kier alpha value is -1.85. The summed E-state index contributed by atoms with van der Waals surface area (Å²) < 4.78 is 43.6. The summed E-state index contributed by atoms with van der Waals surface area (Å²) in [7, 11) is 1.20. The number of halogens is 3. The second-order valence-electron chi connectivity index (χ2n) is 5.47. The average molecular weight is 314 g/mol. The molecule has 1 aromatic rings. The van der Waals surface area contributed by atoms with Crippen LogP contribution in [0.25, 0.3) is 0 Å². The summed E-state index contributed by atoms with van der Waals surface area (Å²) in [6.45, 7) is 0. The minimum atomic E-state index is -4.46. The van der Waals surface area contributed by atoms with Crippen molar-refractivity contribution in [2.24, 2.45) is 0 Å². The SMILES string of the molecule is COC(=O)CCc1cc(C2CCC(=O)C2)ccc1C(F)(F)F. The number of Topliss-reactive ketones (excluding diaryl/α,β-unsaturated/α-hetero) is 1. The summed E-state index contributed by atoms with van der Waals surface area (Å²) in [5.41, 5.74) is 0.0814. The molecule has 1 atom stereocenters. The molecule has 22 heavy (non-hydrogen) atoms. The second kappa shape index (κ2) is 6.50. The zero-order valence-electron chi connectivity index (χ0n) is 12.2. The first-order valence-corrected chi connectivity index (χ1v) is 7.09. The van der Waals surface area contributed by atoms with Crippen LogP contribution in [0, 0.1) is 0 Å². The quantitative estimate of drug-likeness (QED) is 0.797. The smallest absolute Gasteiger partial charge is 0.416 e. The second-order valence-corrected chi connectivity index (χ2v) is 5.47. The van der Waals surface area contributed by atoms with Gasteiger partial charge in [-0.25, -0.2) is 0 Å². The number of ketones is 1. The fourth-order valence-electron chi connectivity index (χ4n) is 2.79. The number of benzene rings is 1. The van der Waals surface area contributed by atoms with E-state index >= 15 is 0 Å². The lowest BCUT2D eigenvalue weighted by Crippen LogP contribution is -2.12. The van der Waals surface area contributed by atoms with Crippen molar-refractivity contribution in [2.45, 2.75) is 44.2 Å². The Morgan fingerprint density at radius 2 is 2.09 bits per heavy atom. The maximum Gasteiger partial charge on any atom is 0.416 e. The van der Waals surface area contributed by atoms with Gasteiger partial charge < -0.3 is 4.74 Å². The average Bonchev–Trinajstić information content (AvgIpc) is 2.90. The maximum absolute atomic E-state index is 13.1. The Kier molecular flexibility index (Phi) is 4.88. The van der Waals surface area contributed by atoms with Crippen molar-refractivity contribution in [3.8, 4) is 0 Å². The first-order chi connectivity index (χ1) is 10.3. The van der Waals surface area contributed by atoms with Crippen LogP contribution < -0.4 is 0 Å². The standard InChI is InChI=1S/C16H17F3O3/c1-22-15(21)7-4-12-8-10(11-2-5-13(20)9-11)3-6-14(12)16(17,18)19/h3,6,8,11H,2,4-5,7,9H2,1H3. The van der Waals surface area contributed by atoms with Crippen LogP contribution in [0.4, 0.5) is 13.2 Å². The molecule has 1 aliphatic carbocycles. The van der Waals surface area contributed by atoms with Gasteiger partial charge in [0.25, 0.3) is 0 Å². The lowest BCUT2D eigenvalue weighted by molar-refractivity contribution is -0.142. The van der Waals surface area contributed by atoms with E-state index in [-0.39, 0.29) is 30.1 Å². The lowest BCUT2D eigenvalue weighted by Gasteiger charge is -2.16. The molecule has 0 aliphatic heterocycles. The Balaban J connectivity index is 2.28. The van der Waals surface area contributed by atoms with Crippen LogP contribution in [0.15, 0.2) is 18.2 Å². The number of carbonyl (C=O) groups excluding carboxylic acids is 2. The van der Waals surface area contributed by atoms with Gasteiger partial charge in [0, 0.05) is 19.3 Å². The number of hydrogen-bond donors (Lipinski definition) is 0. The molecule has 1 unspecified atom stereocenters. The molecule has 0 saturated heterocycles. The summed E-state index contributed by atoms with van der Waals surface area (Å²) in [4.78, 5) is 22.5. The van der Waals surface area contributed by atoms with Crippen LogP contribution in [0.1, 0.15) is 48.3 Å². The van der Waals surface area contributed by atoms with Crippen LogP contribution in [0.2, 0.25) is 0 Å². The maximum atomic E-state index is 13.1. The summed E-state index contributed by atoms with van der Waals surface area (Å²) in [5.74, 6) is -0.428. The summed E-state index contributed by atoms with van der Waals surface area (Å²) in [6.07, 6.45) is -3.08. The Bertz CT molecular complexity index is 578. The van der Waals surface area contributed by atoms with E-state index < -0.39 is 17.7 Å². The molecular formula is C16H17F3O3. The topological polar surface area (TPSA) is 43.4 Å². The molecule has 0 amide bonds. The highest BCUT2D eigenvalue weighted by Crippen LogP contribution is 2.37. The minimum Gasteiger partial charge on any atom is -0.469 e. The van der Waals surface area contributed by atoms with E-state index in [9.17, 15) is 22.8 Å². The van der Waals surface area contributed by atoms with Crippen molar-refractivity contribution in [1.82, 2.24) is 0 Å². The van der Waals surface area contributed by atoms with Crippen LogP contribution >= 0.6 is 0 Å². The molecule has 1 fully saturated rings. The number of aryl methyl sites for hydroxylation is 1. The third-order valence-corrected chi connectivity index (χ3v) is 3.98. The first-order valence-electron chi connectivity index (χ1n) is 7.09. The van der Waals surface area contributed by atoms with E-state index in [0.29, 0.717) is 19.3 Å². The fraction of sp³-hybridized carbons (Fsp3) is 0.500. The van der Waals surface area contributed by atoms with E-state index in [1.807, 2.05) is 0 Å². The number of carbonyl (C=O) groups is 2. The van der Waals surface area contributed by atoms with Crippen molar-refractivity contribution < 1.29 is 27.5 Å². The molecule has 1 aliphatic rings. The van der Waals surface area contributed by atoms with E-state index in [4.69, 9.17) is 0 Å². The van der Waals surface area contributed by atoms with Gasteiger partial charge in [-0.15, -0.1) is 0 Å². The van der Waals surface area contributed by atoms with Gasteiger partial charge in [0.2, 0.25) is 0 Å². The number of rotatable bonds is 4. The van der Waals surface area contributed by atoms with Gasteiger partial charge in [-0.05, 0) is 36.0 Å². The van der Waals surface area contributed by atoms with Crippen molar-refractivity contribution in [2.75, 3.05) is 7.11 Å². The van der Waals surface area contributed by atoms with Gasteiger partial charge in [0.1, 0.15) is 5.78 Å². The normalized spacial score (nSPS) is 18.5. The molecule has 120 valence electrons. The molecule has 0 bridgehead atoms. The zero-order valence-corrected chi connectivity index (χ0v) is 12.2. The number of ether oxygens (including phenoxy) is 1. The summed E-state index contributed by atoms with van der Waals surface area (Å²) in [6, 6.07) is 3.97. The van der Waals surface area contributed by atoms with E-state index in [1.54, 1.807) is 0 Å². The third-order valence-electron chi connectivity index (χ3n) is 3.98.